The molecule has 1 aliphatic carbocycles. The molecule has 1 aliphatic rings. The fraction of sp³-hybridized carbons (Fsp3) is 0.571. The fourth-order valence-electron chi connectivity index (χ4n) is 2.74. The fourth-order valence-corrected chi connectivity index (χ4v) is 2.74. The van der Waals surface area contributed by atoms with Gasteiger partial charge in [0.15, 0.2) is 0 Å². The van der Waals surface area contributed by atoms with E-state index in [9.17, 15) is 5.11 Å². The highest BCUT2D eigenvalue weighted by atomic mass is 16.3. The Balaban J connectivity index is 2.69. The van der Waals surface area contributed by atoms with E-state index < -0.39 is 0 Å². The van der Waals surface area contributed by atoms with Gasteiger partial charge in [0.1, 0.15) is 5.75 Å². The molecule has 2 rings (SSSR count). The van der Waals surface area contributed by atoms with E-state index in [1.807, 2.05) is 6.07 Å². The summed E-state index contributed by atoms with van der Waals surface area (Å²) in [6.45, 7) is 11.5. The lowest BCUT2D eigenvalue weighted by Gasteiger charge is -2.38. The highest BCUT2D eigenvalue weighted by Crippen LogP contribution is 2.58. The third-order valence-corrected chi connectivity index (χ3v) is 4.87. The first-order chi connectivity index (χ1) is 6.78. The van der Waals surface area contributed by atoms with E-state index in [-0.39, 0.29) is 10.8 Å². The molecule has 0 radical (unpaired) electrons. The Labute approximate surface area is 92.1 Å². The minimum Gasteiger partial charge on any atom is -0.508 e. The molecule has 1 N–H and O–H groups in total. The van der Waals surface area contributed by atoms with Crippen LogP contribution in [-0.2, 0) is 5.41 Å². The smallest absolute Gasteiger partial charge is 0.115 e. The van der Waals surface area contributed by atoms with Gasteiger partial charge in [0, 0.05) is 0 Å². The van der Waals surface area contributed by atoms with E-state index in [1.54, 1.807) is 6.07 Å². The van der Waals surface area contributed by atoms with E-state index in [1.165, 1.54) is 11.1 Å². The molecular weight excluding hydrogens is 184 g/mol. The van der Waals surface area contributed by atoms with Crippen molar-refractivity contribution in [3.8, 4) is 5.75 Å². The van der Waals surface area contributed by atoms with Crippen molar-refractivity contribution in [3.05, 3.63) is 29.3 Å². The molecule has 15 heavy (non-hydrogen) atoms. The van der Waals surface area contributed by atoms with Gasteiger partial charge in [0.2, 0.25) is 0 Å². The summed E-state index contributed by atoms with van der Waals surface area (Å²) in [5.41, 5.74) is 3.06. The van der Waals surface area contributed by atoms with Crippen LogP contribution in [0.15, 0.2) is 18.2 Å². The van der Waals surface area contributed by atoms with Crippen molar-refractivity contribution in [2.75, 3.05) is 0 Å². The topological polar surface area (TPSA) is 20.2 Å². The lowest BCUT2D eigenvalue weighted by molar-refractivity contribution is 0.190. The number of fused-ring (bicyclic) bond motifs is 1. The Kier molecular flexibility index (Phi) is 1.95. The predicted molar refractivity (Wildman–Crippen MR) is 63.3 cm³/mol. The van der Waals surface area contributed by atoms with Crippen molar-refractivity contribution in [1.82, 2.24) is 0 Å². The van der Waals surface area contributed by atoms with Gasteiger partial charge in [-0.2, -0.15) is 0 Å². The van der Waals surface area contributed by atoms with Gasteiger partial charge in [0.25, 0.3) is 0 Å². The van der Waals surface area contributed by atoms with Crippen molar-refractivity contribution in [1.29, 1.82) is 0 Å². The van der Waals surface area contributed by atoms with E-state index in [2.05, 4.69) is 40.7 Å². The number of phenolic OH excluding ortho intramolecular Hbond substituents is 1. The van der Waals surface area contributed by atoms with Crippen LogP contribution in [0.3, 0.4) is 0 Å². The van der Waals surface area contributed by atoms with Crippen molar-refractivity contribution in [3.63, 3.8) is 0 Å². The van der Waals surface area contributed by atoms with Crippen LogP contribution in [0.2, 0.25) is 0 Å². The standard InChI is InChI=1S/C14H20O/c1-9-11-7-6-10(15)8-12(11)14(4,5)13(9,2)3/h6-9,15H,1-5H3/t9-/m0/s1. The third-order valence-electron chi connectivity index (χ3n) is 4.87. The first-order valence-corrected chi connectivity index (χ1v) is 5.62. The zero-order valence-electron chi connectivity index (χ0n) is 10.3. The molecule has 1 atom stereocenters. The molecule has 1 aromatic rings. The van der Waals surface area contributed by atoms with E-state index in [0.29, 0.717) is 11.7 Å². The maximum absolute atomic E-state index is 9.59. The van der Waals surface area contributed by atoms with E-state index in [0.717, 1.165) is 0 Å². The number of hydrogen-bond acceptors (Lipinski definition) is 1. The van der Waals surface area contributed by atoms with Crippen molar-refractivity contribution in [2.24, 2.45) is 5.41 Å². The van der Waals surface area contributed by atoms with Gasteiger partial charge >= 0.3 is 0 Å². The van der Waals surface area contributed by atoms with Crippen LogP contribution in [0.25, 0.3) is 0 Å². The summed E-state index contributed by atoms with van der Waals surface area (Å²) >= 11 is 0. The molecule has 0 spiro atoms. The van der Waals surface area contributed by atoms with Crippen molar-refractivity contribution < 1.29 is 5.11 Å². The largest absolute Gasteiger partial charge is 0.508 e. The van der Waals surface area contributed by atoms with Gasteiger partial charge in [-0.05, 0) is 40.0 Å². The Bertz CT molecular complexity index is 402. The summed E-state index contributed by atoms with van der Waals surface area (Å²) in [5, 5.41) is 9.59. The van der Waals surface area contributed by atoms with Gasteiger partial charge in [-0.1, -0.05) is 40.7 Å². The van der Waals surface area contributed by atoms with Crippen LogP contribution in [0.5, 0.6) is 5.75 Å². The quantitative estimate of drug-likeness (QED) is 0.681. The van der Waals surface area contributed by atoms with Crippen molar-refractivity contribution >= 4 is 0 Å². The van der Waals surface area contributed by atoms with Crippen LogP contribution >= 0.6 is 0 Å². The molecule has 0 aromatic heterocycles. The third kappa shape index (κ3) is 1.15. The average Bonchev–Trinajstić information content (AvgIpc) is 2.27. The van der Waals surface area contributed by atoms with Crippen LogP contribution in [0.4, 0.5) is 0 Å². The minimum atomic E-state index is 0.125. The molecule has 0 saturated heterocycles. The zero-order chi connectivity index (χ0) is 11.4. The maximum atomic E-state index is 9.59. The number of rotatable bonds is 0. The van der Waals surface area contributed by atoms with Gasteiger partial charge in [0.05, 0.1) is 0 Å². The molecule has 0 fully saturated rings. The second-order valence-corrected chi connectivity index (χ2v) is 5.84. The number of phenols is 1. The van der Waals surface area contributed by atoms with Crippen molar-refractivity contribution in [2.45, 2.75) is 46.0 Å². The second-order valence-electron chi connectivity index (χ2n) is 5.84. The van der Waals surface area contributed by atoms with Gasteiger partial charge in [-0.15, -0.1) is 0 Å². The van der Waals surface area contributed by atoms with Crippen LogP contribution < -0.4 is 0 Å². The number of benzene rings is 1. The zero-order valence-corrected chi connectivity index (χ0v) is 10.3. The average molecular weight is 204 g/mol. The summed E-state index contributed by atoms with van der Waals surface area (Å²) in [6.07, 6.45) is 0. The molecule has 82 valence electrons. The van der Waals surface area contributed by atoms with Gasteiger partial charge in [-0.25, -0.2) is 0 Å². The predicted octanol–water partition coefficient (Wildman–Crippen LogP) is 3.81. The SMILES string of the molecule is C[C@H]1c2ccc(O)cc2C(C)(C)C1(C)C. The van der Waals surface area contributed by atoms with Crippen LogP contribution in [0, 0.1) is 5.41 Å². The molecule has 0 amide bonds. The Morgan fingerprint density at radius 3 is 2.33 bits per heavy atom. The van der Waals surface area contributed by atoms with E-state index in [4.69, 9.17) is 0 Å². The summed E-state index contributed by atoms with van der Waals surface area (Å²) < 4.78 is 0. The van der Waals surface area contributed by atoms with Crippen LogP contribution in [0.1, 0.15) is 51.7 Å². The molecule has 0 heterocycles. The Morgan fingerprint density at radius 1 is 1.13 bits per heavy atom. The molecule has 0 saturated carbocycles. The second kappa shape index (κ2) is 2.78. The molecule has 0 unspecified atom stereocenters. The summed E-state index contributed by atoms with van der Waals surface area (Å²) in [4.78, 5) is 0. The Hall–Kier alpha value is -0.980. The normalized spacial score (nSPS) is 26.3. The summed E-state index contributed by atoms with van der Waals surface area (Å²) in [6, 6.07) is 5.80. The summed E-state index contributed by atoms with van der Waals surface area (Å²) in [5.74, 6) is 0.926. The van der Waals surface area contributed by atoms with E-state index >= 15 is 0 Å². The van der Waals surface area contributed by atoms with Crippen LogP contribution in [-0.4, -0.2) is 5.11 Å². The van der Waals surface area contributed by atoms with Gasteiger partial charge < -0.3 is 5.11 Å². The lowest BCUT2D eigenvalue weighted by atomic mass is 9.65. The first kappa shape index (κ1) is 10.5. The highest BCUT2D eigenvalue weighted by Gasteiger charge is 2.50. The molecule has 0 aliphatic heterocycles. The lowest BCUT2D eigenvalue weighted by Crippen LogP contribution is -2.33. The first-order valence-electron chi connectivity index (χ1n) is 5.62. The van der Waals surface area contributed by atoms with Gasteiger partial charge in [-0.3, -0.25) is 0 Å². The maximum Gasteiger partial charge on any atom is 0.115 e. The monoisotopic (exact) mass is 204 g/mol. The number of aromatic hydroxyl groups is 1. The molecular formula is C14H20O. The minimum absolute atomic E-state index is 0.125. The molecule has 0 bridgehead atoms. The Morgan fingerprint density at radius 2 is 1.73 bits per heavy atom. The number of hydrogen-bond donors (Lipinski definition) is 1. The summed E-state index contributed by atoms with van der Waals surface area (Å²) in [7, 11) is 0. The molecule has 1 nitrogen and oxygen atoms in total. The highest BCUT2D eigenvalue weighted by molar-refractivity contribution is 5.48. The molecule has 1 heteroatoms. The molecule has 1 aromatic carbocycles.